The summed E-state index contributed by atoms with van der Waals surface area (Å²) < 4.78 is 0. The van der Waals surface area contributed by atoms with E-state index in [0.717, 1.165) is 23.5 Å². The summed E-state index contributed by atoms with van der Waals surface area (Å²) in [6, 6.07) is 2.03. The highest BCUT2D eigenvalue weighted by atomic mass is 16.1. The van der Waals surface area contributed by atoms with E-state index in [1.54, 1.807) is 0 Å². The molecule has 0 unspecified atom stereocenters. The minimum absolute atomic E-state index is 0.0626. The van der Waals surface area contributed by atoms with Gasteiger partial charge in [0.1, 0.15) is 11.3 Å². The SMILES string of the molecule is Cc1nc2cc(CC3CCCCC3)[nH]c2c(=O)[nH]1. The number of nitrogens with zero attached hydrogens (tertiary/aromatic N) is 1. The third kappa shape index (κ3) is 2.19. The first-order valence-electron chi connectivity index (χ1n) is 6.81. The van der Waals surface area contributed by atoms with Gasteiger partial charge < -0.3 is 9.97 Å². The van der Waals surface area contributed by atoms with E-state index in [0.29, 0.717) is 11.3 Å². The van der Waals surface area contributed by atoms with Crippen LogP contribution in [0.4, 0.5) is 0 Å². The monoisotopic (exact) mass is 245 g/mol. The third-order valence-corrected chi connectivity index (χ3v) is 3.90. The lowest BCUT2D eigenvalue weighted by molar-refractivity contribution is 0.355. The van der Waals surface area contributed by atoms with Crippen LogP contribution in [0.1, 0.15) is 43.6 Å². The van der Waals surface area contributed by atoms with Gasteiger partial charge in [0, 0.05) is 5.69 Å². The molecule has 96 valence electrons. The van der Waals surface area contributed by atoms with Gasteiger partial charge in [-0.05, 0) is 25.3 Å². The average Bonchev–Trinajstić information content (AvgIpc) is 2.73. The number of hydrogen-bond donors (Lipinski definition) is 2. The van der Waals surface area contributed by atoms with Crippen molar-refractivity contribution in [2.75, 3.05) is 0 Å². The van der Waals surface area contributed by atoms with Crippen molar-refractivity contribution >= 4 is 11.0 Å². The van der Waals surface area contributed by atoms with Gasteiger partial charge in [0.2, 0.25) is 0 Å². The number of hydrogen-bond acceptors (Lipinski definition) is 2. The molecule has 4 nitrogen and oxygen atoms in total. The van der Waals surface area contributed by atoms with Crippen LogP contribution < -0.4 is 5.56 Å². The summed E-state index contributed by atoms with van der Waals surface area (Å²) in [6.45, 7) is 1.81. The van der Waals surface area contributed by atoms with Gasteiger partial charge in [0.05, 0.1) is 5.52 Å². The minimum Gasteiger partial charge on any atom is -0.353 e. The van der Waals surface area contributed by atoms with E-state index in [9.17, 15) is 4.79 Å². The van der Waals surface area contributed by atoms with Crippen molar-refractivity contribution in [2.24, 2.45) is 5.92 Å². The largest absolute Gasteiger partial charge is 0.353 e. The summed E-state index contributed by atoms with van der Waals surface area (Å²) in [6.07, 6.45) is 7.76. The molecule has 0 saturated heterocycles. The fourth-order valence-corrected chi connectivity index (χ4v) is 3.01. The Bertz CT molecular complexity index is 605. The van der Waals surface area contributed by atoms with Gasteiger partial charge in [-0.1, -0.05) is 32.1 Å². The van der Waals surface area contributed by atoms with E-state index in [1.165, 1.54) is 32.1 Å². The first-order valence-corrected chi connectivity index (χ1v) is 6.81. The Kier molecular flexibility index (Phi) is 2.94. The van der Waals surface area contributed by atoms with Crippen molar-refractivity contribution in [3.63, 3.8) is 0 Å². The zero-order chi connectivity index (χ0) is 12.5. The lowest BCUT2D eigenvalue weighted by Gasteiger charge is -2.20. The highest BCUT2D eigenvalue weighted by molar-refractivity contribution is 5.74. The Morgan fingerprint density at radius 1 is 1.28 bits per heavy atom. The molecule has 1 fully saturated rings. The van der Waals surface area contributed by atoms with Gasteiger partial charge in [-0.2, -0.15) is 0 Å². The zero-order valence-corrected chi connectivity index (χ0v) is 10.8. The number of nitrogens with one attached hydrogen (secondary N) is 2. The smallest absolute Gasteiger partial charge is 0.275 e. The van der Waals surface area contributed by atoms with E-state index >= 15 is 0 Å². The van der Waals surface area contributed by atoms with E-state index in [-0.39, 0.29) is 5.56 Å². The maximum Gasteiger partial charge on any atom is 0.275 e. The molecule has 18 heavy (non-hydrogen) atoms. The topological polar surface area (TPSA) is 61.5 Å². The first kappa shape index (κ1) is 11.5. The van der Waals surface area contributed by atoms with Gasteiger partial charge in [-0.25, -0.2) is 4.98 Å². The van der Waals surface area contributed by atoms with Crippen LogP contribution in [0.15, 0.2) is 10.9 Å². The molecule has 0 bridgehead atoms. The maximum absolute atomic E-state index is 11.8. The lowest BCUT2D eigenvalue weighted by atomic mass is 9.86. The first-order chi connectivity index (χ1) is 8.72. The molecular formula is C14H19N3O. The molecule has 1 aliphatic rings. The Morgan fingerprint density at radius 2 is 2.06 bits per heavy atom. The van der Waals surface area contributed by atoms with Gasteiger partial charge in [0.15, 0.2) is 0 Å². The molecule has 2 heterocycles. The average molecular weight is 245 g/mol. The summed E-state index contributed by atoms with van der Waals surface area (Å²) in [5.41, 5.74) is 2.50. The van der Waals surface area contributed by atoms with E-state index in [1.807, 2.05) is 13.0 Å². The number of H-pyrrole nitrogens is 2. The lowest BCUT2D eigenvalue weighted by Crippen LogP contribution is -2.10. The van der Waals surface area contributed by atoms with Crippen LogP contribution in [0, 0.1) is 12.8 Å². The Morgan fingerprint density at radius 3 is 2.83 bits per heavy atom. The Balaban J connectivity index is 1.88. The van der Waals surface area contributed by atoms with Crippen molar-refractivity contribution in [3.8, 4) is 0 Å². The highest BCUT2D eigenvalue weighted by Gasteiger charge is 2.15. The second kappa shape index (κ2) is 4.59. The van der Waals surface area contributed by atoms with Crippen LogP contribution in [-0.2, 0) is 6.42 Å². The van der Waals surface area contributed by atoms with E-state index in [2.05, 4.69) is 15.0 Å². The Labute approximate surface area is 106 Å². The molecule has 3 rings (SSSR count). The molecule has 0 spiro atoms. The summed E-state index contributed by atoms with van der Waals surface area (Å²) in [5, 5.41) is 0. The molecule has 1 saturated carbocycles. The number of aryl methyl sites for hydroxylation is 1. The Hall–Kier alpha value is -1.58. The summed E-state index contributed by atoms with van der Waals surface area (Å²) >= 11 is 0. The van der Waals surface area contributed by atoms with Crippen molar-refractivity contribution in [2.45, 2.75) is 45.4 Å². The van der Waals surface area contributed by atoms with Gasteiger partial charge in [0.25, 0.3) is 5.56 Å². The molecule has 4 heteroatoms. The van der Waals surface area contributed by atoms with Crippen LogP contribution >= 0.6 is 0 Å². The predicted octanol–water partition coefficient (Wildman–Crippen LogP) is 2.68. The number of fused-ring (bicyclic) bond motifs is 1. The van der Waals surface area contributed by atoms with Crippen molar-refractivity contribution in [3.05, 3.63) is 27.9 Å². The van der Waals surface area contributed by atoms with Crippen LogP contribution in [-0.4, -0.2) is 15.0 Å². The van der Waals surface area contributed by atoms with Gasteiger partial charge in [-0.15, -0.1) is 0 Å². The van der Waals surface area contributed by atoms with E-state index < -0.39 is 0 Å². The molecule has 2 N–H and O–H groups in total. The summed E-state index contributed by atoms with van der Waals surface area (Å²) in [5.74, 6) is 1.45. The third-order valence-electron chi connectivity index (χ3n) is 3.90. The molecule has 0 amide bonds. The summed E-state index contributed by atoms with van der Waals surface area (Å²) in [4.78, 5) is 22.1. The molecule has 2 aromatic heterocycles. The second-order valence-electron chi connectivity index (χ2n) is 5.41. The van der Waals surface area contributed by atoms with Crippen LogP contribution in [0.2, 0.25) is 0 Å². The molecule has 0 radical (unpaired) electrons. The zero-order valence-electron chi connectivity index (χ0n) is 10.8. The van der Waals surface area contributed by atoms with Crippen LogP contribution in [0.5, 0.6) is 0 Å². The molecule has 0 atom stereocenters. The highest BCUT2D eigenvalue weighted by Crippen LogP contribution is 2.27. The molecule has 0 aromatic carbocycles. The van der Waals surface area contributed by atoms with E-state index in [4.69, 9.17) is 0 Å². The van der Waals surface area contributed by atoms with Gasteiger partial charge in [-0.3, -0.25) is 4.79 Å². The molecule has 2 aromatic rings. The number of aromatic amines is 2. The summed E-state index contributed by atoms with van der Waals surface area (Å²) in [7, 11) is 0. The van der Waals surface area contributed by atoms with Crippen LogP contribution in [0.3, 0.4) is 0 Å². The van der Waals surface area contributed by atoms with Gasteiger partial charge >= 0.3 is 0 Å². The number of rotatable bonds is 2. The minimum atomic E-state index is -0.0626. The fraction of sp³-hybridized carbons (Fsp3) is 0.571. The predicted molar refractivity (Wildman–Crippen MR) is 71.7 cm³/mol. The van der Waals surface area contributed by atoms with Crippen molar-refractivity contribution in [1.82, 2.24) is 15.0 Å². The molecular weight excluding hydrogens is 226 g/mol. The second-order valence-corrected chi connectivity index (χ2v) is 5.41. The van der Waals surface area contributed by atoms with Crippen molar-refractivity contribution in [1.29, 1.82) is 0 Å². The van der Waals surface area contributed by atoms with Crippen LogP contribution in [0.25, 0.3) is 11.0 Å². The normalized spacial score (nSPS) is 17.4. The quantitative estimate of drug-likeness (QED) is 0.854. The molecule has 0 aliphatic heterocycles. The fourth-order valence-electron chi connectivity index (χ4n) is 3.01. The number of aromatic nitrogens is 3. The molecule has 1 aliphatic carbocycles. The maximum atomic E-state index is 11.8. The standard InChI is InChI=1S/C14H19N3O/c1-9-15-12-8-11(17-13(12)14(18)16-9)7-10-5-3-2-4-6-10/h8,10,17H,2-7H2,1H3,(H,15,16,18). The van der Waals surface area contributed by atoms with Crippen molar-refractivity contribution < 1.29 is 0 Å².